The summed E-state index contributed by atoms with van der Waals surface area (Å²) in [6, 6.07) is 3.39. The molecule has 98 valence electrons. The van der Waals surface area contributed by atoms with E-state index in [1.807, 2.05) is 0 Å². The van der Waals surface area contributed by atoms with Crippen LogP contribution in [0.1, 0.15) is 31.3 Å². The van der Waals surface area contributed by atoms with E-state index < -0.39 is 17.4 Å². The Bertz CT molecular complexity index is 469. The summed E-state index contributed by atoms with van der Waals surface area (Å²) < 4.78 is 0.551. The van der Waals surface area contributed by atoms with Crippen LogP contribution >= 0.6 is 15.9 Å². The second-order valence-corrected chi connectivity index (χ2v) is 5.64. The number of carboxylic acid groups (broad SMARTS) is 1. The van der Waals surface area contributed by atoms with Gasteiger partial charge in [-0.15, -0.1) is 0 Å². The lowest BCUT2D eigenvalue weighted by Gasteiger charge is -2.34. The third-order valence-electron chi connectivity index (χ3n) is 2.31. The normalized spacial score (nSPS) is 11.1. The second-order valence-electron chi connectivity index (χ2n) is 4.79. The molecule has 0 unspecified atom stereocenters. The van der Waals surface area contributed by atoms with Gasteiger partial charge in [-0.25, -0.2) is 4.98 Å². The molecule has 0 saturated heterocycles. The minimum Gasteiger partial charge on any atom is -0.480 e. The van der Waals surface area contributed by atoms with Gasteiger partial charge in [0.1, 0.15) is 12.2 Å². The van der Waals surface area contributed by atoms with E-state index in [4.69, 9.17) is 5.11 Å². The molecular weight excluding hydrogens is 300 g/mol. The molecule has 0 aliphatic carbocycles. The minimum atomic E-state index is -1.05. The van der Waals surface area contributed by atoms with Crippen LogP contribution < -0.4 is 0 Å². The number of pyridine rings is 1. The molecule has 1 heterocycles. The molecule has 0 aliphatic rings. The van der Waals surface area contributed by atoms with Crippen molar-refractivity contribution in [3.05, 3.63) is 28.5 Å². The monoisotopic (exact) mass is 314 g/mol. The van der Waals surface area contributed by atoms with Crippen molar-refractivity contribution in [3.8, 4) is 0 Å². The molecule has 0 bridgehead atoms. The third-order valence-corrected chi connectivity index (χ3v) is 2.95. The SMILES string of the molecule is CC(C)(C)N(CC(=O)O)C(=O)c1ncccc1Br. The van der Waals surface area contributed by atoms with Crippen molar-refractivity contribution in [2.24, 2.45) is 0 Å². The molecule has 18 heavy (non-hydrogen) atoms. The van der Waals surface area contributed by atoms with Crippen LogP contribution in [0.3, 0.4) is 0 Å². The number of halogens is 1. The number of nitrogens with zero attached hydrogens (tertiary/aromatic N) is 2. The summed E-state index contributed by atoms with van der Waals surface area (Å²) in [6.45, 7) is 4.99. The lowest BCUT2D eigenvalue weighted by Crippen LogP contribution is -2.48. The van der Waals surface area contributed by atoms with Crippen LogP contribution in [0.5, 0.6) is 0 Å². The van der Waals surface area contributed by atoms with Crippen molar-refractivity contribution < 1.29 is 14.7 Å². The number of aromatic nitrogens is 1. The lowest BCUT2D eigenvalue weighted by molar-refractivity contribution is -0.138. The number of carbonyl (C=O) groups is 2. The highest BCUT2D eigenvalue weighted by Gasteiger charge is 2.30. The van der Waals surface area contributed by atoms with Crippen molar-refractivity contribution >= 4 is 27.8 Å². The Hall–Kier alpha value is -1.43. The topological polar surface area (TPSA) is 70.5 Å². The van der Waals surface area contributed by atoms with Gasteiger partial charge in [0, 0.05) is 16.2 Å². The first kappa shape index (κ1) is 14.6. The molecule has 0 radical (unpaired) electrons. The van der Waals surface area contributed by atoms with Crippen LogP contribution in [-0.4, -0.2) is 39.0 Å². The van der Waals surface area contributed by atoms with Gasteiger partial charge in [-0.05, 0) is 48.8 Å². The highest BCUT2D eigenvalue weighted by atomic mass is 79.9. The van der Waals surface area contributed by atoms with Gasteiger partial charge in [-0.3, -0.25) is 9.59 Å². The highest BCUT2D eigenvalue weighted by Crippen LogP contribution is 2.20. The zero-order chi connectivity index (χ0) is 13.9. The molecule has 0 aromatic carbocycles. The van der Waals surface area contributed by atoms with Gasteiger partial charge in [0.05, 0.1) is 0 Å². The fourth-order valence-corrected chi connectivity index (χ4v) is 1.84. The van der Waals surface area contributed by atoms with Crippen LogP contribution in [0.15, 0.2) is 22.8 Å². The Kier molecular flexibility index (Phi) is 4.45. The van der Waals surface area contributed by atoms with E-state index in [1.165, 1.54) is 11.1 Å². The van der Waals surface area contributed by atoms with Gasteiger partial charge in [0.2, 0.25) is 0 Å². The zero-order valence-electron chi connectivity index (χ0n) is 10.5. The van der Waals surface area contributed by atoms with Gasteiger partial charge < -0.3 is 10.0 Å². The smallest absolute Gasteiger partial charge is 0.323 e. The van der Waals surface area contributed by atoms with E-state index in [1.54, 1.807) is 32.9 Å². The van der Waals surface area contributed by atoms with Crippen LogP contribution in [0, 0.1) is 0 Å². The van der Waals surface area contributed by atoms with Crippen molar-refractivity contribution in [2.45, 2.75) is 26.3 Å². The highest BCUT2D eigenvalue weighted by molar-refractivity contribution is 9.10. The van der Waals surface area contributed by atoms with E-state index in [2.05, 4.69) is 20.9 Å². The number of aliphatic carboxylic acids is 1. The number of rotatable bonds is 3. The maximum Gasteiger partial charge on any atom is 0.323 e. The Morgan fingerprint density at radius 3 is 2.50 bits per heavy atom. The molecule has 1 aromatic rings. The summed E-state index contributed by atoms with van der Waals surface area (Å²) in [6.07, 6.45) is 1.50. The van der Waals surface area contributed by atoms with Gasteiger partial charge in [-0.1, -0.05) is 0 Å². The molecule has 0 spiro atoms. The number of carboxylic acids is 1. The molecule has 0 fully saturated rings. The summed E-state index contributed by atoms with van der Waals surface area (Å²) in [7, 11) is 0. The van der Waals surface area contributed by atoms with Crippen molar-refractivity contribution in [1.29, 1.82) is 0 Å². The van der Waals surface area contributed by atoms with Crippen molar-refractivity contribution in [2.75, 3.05) is 6.54 Å². The quantitative estimate of drug-likeness (QED) is 0.928. The number of hydrogen-bond donors (Lipinski definition) is 1. The average molecular weight is 315 g/mol. The summed E-state index contributed by atoms with van der Waals surface area (Å²) in [5.74, 6) is -1.46. The molecular formula is C12H15BrN2O3. The minimum absolute atomic E-state index is 0.216. The van der Waals surface area contributed by atoms with Gasteiger partial charge in [-0.2, -0.15) is 0 Å². The van der Waals surface area contributed by atoms with E-state index >= 15 is 0 Å². The maximum absolute atomic E-state index is 12.3. The third kappa shape index (κ3) is 3.53. The van der Waals surface area contributed by atoms with Crippen molar-refractivity contribution in [3.63, 3.8) is 0 Å². The molecule has 1 rings (SSSR count). The summed E-state index contributed by atoms with van der Waals surface area (Å²) in [5.41, 5.74) is -0.374. The molecule has 0 atom stereocenters. The van der Waals surface area contributed by atoms with Gasteiger partial charge >= 0.3 is 5.97 Å². The molecule has 1 N–H and O–H groups in total. The second kappa shape index (κ2) is 5.48. The number of carbonyl (C=O) groups excluding carboxylic acids is 1. The first-order valence-corrected chi connectivity index (χ1v) is 6.17. The first-order chi connectivity index (χ1) is 8.23. The molecule has 0 aliphatic heterocycles. The zero-order valence-corrected chi connectivity index (χ0v) is 12.1. The van der Waals surface area contributed by atoms with Crippen LogP contribution in [0.2, 0.25) is 0 Å². The largest absolute Gasteiger partial charge is 0.480 e. The Morgan fingerprint density at radius 1 is 1.44 bits per heavy atom. The average Bonchev–Trinajstić information content (AvgIpc) is 2.24. The van der Waals surface area contributed by atoms with Crippen LogP contribution in [-0.2, 0) is 4.79 Å². The molecule has 6 heteroatoms. The first-order valence-electron chi connectivity index (χ1n) is 5.37. The maximum atomic E-state index is 12.3. The van der Waals surface area contributed by atoms with Crippen LogP contribution in [0.25, 0.3) is 0 Å². The Labute approximate surface area is 114 Å². The lowest BCUT2D eigenvalue weighted by atomic mass is 10.1. The molecule has 1 amide bonds. The number of amides is 1. The van der Waals surface area contributed by atoms with E-state index in [0.29, 0.717) is 4.47 Å². The predicted octanol–water partition coefficient (Wildman–Crippen LogP) is 2.17. The van der Waals surface area contributed by atoms with E-state index in [9.17, 15) is 9.59 Å². The predicted molar refractivity (Wildman–Crippen MR) is 70.4 cm³/mol. The molecule has 5 nitrogen and oxygen atoms in total. The van der Waals surface area contributed by atoms with Crippen molar-refractivity contribution in [1.82, 2.24) is 9.88 Å². The molecule has 0 saturated carbocycles. The van der Waals surface area contributed by atoms with E-state index in [0.717, 1.165) is 0 Å². The summed E-state index contributed by atoms with van der Waals surface area (Å²) in [5, 5.41) is 8.89. The fourth-order valence-electron chi connectivity index (χ4n) is 1.42. The summed E-state index contributed by atoms with van der Waals surface area (Å²) in [4.78, 5) is 28.4. The Balaban J connectivity index is 3.11. The molecule has 1 aromatic heterocycles. The summed E-state index contributed by atoms with van der Waals surface area (Å²) >= 11 is 3.24. The van der Waals surface area contributed by atoms with Gasteiger partial charge in [0.25, 0.3) is 5.91 Å². The fraction of sp³-hybridized carbons (Fsp3) is 0.417. The van der Waals surface area contributed by atoms with E-state index in [-0.39, 0.29) is 12.2 Å². The number of hydrogen-bond acceptors (Lipinski definition) is 3. The van der Waals surface area contributed by atoms with Crippen LogP contribution in [0.4, 0.5) is 0 Å². The van der Waals surface area contributed by atoms with Gasteiger partial charge in [0.15, 0.2) is 0 Å². The Morgan fingerprint density at radius 2 is 2.06 bits per heavy atom. The standard InChI is InChI=1S/C12H15BrN2O3/c1-12(2,3)15(7-9(16)17)11(18)10-8(13)5-4-6-14-10/h4-6H,7H2,1-3H3,(H,16,17).